The number of halogens is 1. The van der Waals surface area contributed by atoms with Crippen LogP contribution in [-0.2, 0) is 14.9 Å². The molecule has 1 aromatic rings. The number of hydrazine groups is 1. The van der Waals surface area contributed by atoms with E-state index in [4.69, 9.17) is 22.1 Å². The van der Waals surface area contributed by atoms with Crippen LogP contribution in [0.1, 0.15) is 25.3 Å². The number of anilines is 1. The highest BCUT2D eigenvalue weighted by atomic mass is 35.5. The molecular formula is C17H18ClN5O2. The van der Waals surface area contributed by atoms with Crippen molar-refractivity contribution >= 4 is 23.2 Å². The van der Waals surface area contributed by atoms with Gasteiger partial charge in [-0.05, 0) is 30.2 Å². The Labute approximate surface area is 150 Å². The molecule has 0 bridgehead atoms. The van der Waals surface area contributed by atoms with E-state index in [1.54, 1.807) is 18.2 Å². The highest BCUT2D eigenvalue weighted by molar-refractivity contribution is 6.31. The van der Waals surface area contributed by atoms with Crippen molar-refractivity contribution in [3.05, 3.63) is 40.2 Å². The third-order valence-electron chi connectivity index (χ3n) is 5.29. The van der Waals surface area contributed by atoms with Crippen molar-refractivity contribution in [3.8, 4) is 6.07 Å². The summed E-state index contributed by atoms with van der Waals surface area (Å²) < 4.78 is 5.72. The first-order valence-corrected chi connectivity index (χ1v) is 8.61. The lowest BCUT2D eigenvalue weighted by Gasteiger charge is -2.42. The molecule has 3 aliphatic rings. The summed E-state index contributed by atoms with van der Waals surface area (Å²) in [7, 11) is 0. The Morgan fingerprint density at radius 1 is 1.44 bits per heavy atom. The van der Waals surface area contributed by atoms with Crippen molar-refractivity contribution < 1.29 is 9.53 Å². The zero-order valence-electron chi connectivity index (χ0n) is 13.6. The first-order valence-electron chi connectivity index (χ1n) is 8.23. The van der Waals surface area contributed by atoms with Gasteiger partial charge in [-0.2, -0.15) is 5.26 Å². The molecule has 1 amide bonds. The quantitative estimate of drug-likeness (QED) is 0.636. The van der Waals surface area contributed by atoms with Crippen molar-refractivity contribution in [2.24, 2.45) is 11.7 Å². The average Bonchev–Trinajstić information content (AvgIpc) is 3.09. The molecule has 0 radical (unpaired) electrons. The Morgan fingerprint density at radius 3 is 2.96 bits per heavy atom. The first-order chi connectivity index (χ1) is 12.0. The number of carbonyl (C=O) groups is 1. The number of hydrogen-bond donors (Lipinski definition) is 4. The number of nitriles is 1. The number of hydrogen-bond acceptors (Lipinski definition) is 6. The average molecular weight is 360 g/mol. The Bertz CT molecular complexity index is 833. The van der Waals surface area contributed by atoms with Gasteiger partial charge < -0.3 is 15.8 Å². The lowest BCUT2D eigenvalue weighted by molar-refractivity contribution is -0.124. The monoisotopic (exact) mass is 359 g/mol. The van der Waals surface area contributed by atoms with Crippen LogP contribution in [0.15, 0.2) is 29.7 Å². The summed E-state index contributed by atoms with van der Waals surface area (Å²) in [6.45, 7) is 2.07. The maximum Gasteiger partial charge on any atom is 0.241 e. The number of ether oxygens (including phenoxy) is 1. The molecule has 5 N–H and O–H groups in total. The molecule has 3 aliphatic heterocycles. The van der Waals surface area contributed by atoms with Crippen LogP contribution >= 0.6 is 11.6 Å². The van der Waals surface area contributed by atoms with Gasteiger partial charge in [-0.1, -0.05) is 24.9 Å². The van der Waals surface area contributed by atoms with Gasteiger partial charge in [0.1, 0.15) is 17.1 Å². The number of nitrogens with one attached hydrogen (secondary N) is 3. The number of nitrogens with zero attached hydrogens (tertiary/aromatic N) is 1. The van der Waals surface area contributed by atoms with Crippen LogP contribution in [-0.4, -0.2) is 18.2 Å². The molecule has 7 nitrogen and oxygen atoms in total. The molecule has 130 valence electrons. The minimum atomic E-state index is -1.22. The summed E-state index contributed by atoms with van der Waals surface area (Å²) in [4.78, 5) is 13.2. The number of fused-ring (bicyclic) bond motifs is 4. The highest BCUT2D eigenvalue weighted by Crippen LogP contribution is 2.54. The minimum absolute atomic E-state index is 0.0295. The third-order valence-corrected chi connectivity index (χ3v) is 5.52. The van der Waals surface area contributed by atoms with E-state index in [1.165, 1.54) is 0 Å². The molecular weight excluding hydrogens is 342 g/mol. The van der Waals surface area contributed by atoms with Gasteiger partial charge in [-0.25, -0.2) is 5.43 Å². The number of carbonyl (C=O) groups excluding carboxylic acids is 1. The van der Waals surface area contributed by atoms with Gasteiger partial charge in [0, 0.05) is 16.8 Å². The standard InChI is InChI=1S/C17H18ClN5O2/c1-2-3-12-13-15(23-22-12)25-14(20)10(7-19)17(13)9-6-8(18)4-5-11(9)21-16(17)24/h4-6,12-13,15,22-23H,2-3,20H2,1H3,(H,21,24). The van der Waals surface area contributed by atoms with Crippen molar-refractivity contribution in [1.29, 1.82) is 5.26 Å². The summed E-state index contributed by atoms with van der Waals surface area (Å²) >= 11 is 6.21. The Morgan fingerprint density at radius 2 is 2.24 bits per heavy atom. The molecule has 1 fully saturated rings. The molecule has 8 heteroatoms. The molecule has 1 saturated heterocycles. The van der Waals surface area contributed by atoms with E-state index in [-0.39, 0.29) is 29.3 Å². The smallest absolute Gasteiger partial charge is 0.241 e. The summed E-state index contributed by atoms with van der Waals surface area (Å²) in [5, 5.41) is 13.2. The third kappa shape index (κ3) is 2.02. The lowest BCUT2D eigenvalue weighted by atomic mass is 9.62. The lowest BCUT2D eigenvalue weighted by Crippen LogP contribution is -2.55. The maximum absolute atomic E-state index is 13.2. The van der Waals surface area contributed by atoms with Crippen molar-refractivity contribution in [2.75, 3.05) is 5.32 Å². The van der Waals surface area contributed by atoms with Crippen LogP contribution in [0.3, 0.4) is 0 Å². The molecule has 0 aromatic heterocycles. The zero-order chi connectivity index (χ0) is 17.8. The fourth-order valence-corrected chi connectivity index (χ4v) is 4.52. The van der Waals surface area contributed by atoms with Crippen LogP contribution in [0.25, 0.3) is 0 Å². The topological polar surface area (TPSA) is 112 Å². The fraction of sp³-hybridized carbons (Fsp3) is 0.412. The zero-order valence-corrected chi connectivity index (χ0v) is 14.4. The Balaban J connectivity index is 2.01. The first kappa shape index (κ1) is 16.2. The number of nitrogens with two attached hydrogens (primary N) is 1. The molecule has 4 unspecified atom stereocenters. The van der Waals surface area contributed by atoms with E-state index in [1.807, 2.05) is 0 Å². The molecule has 1 aromatic carbocycles. The van der Waals surface area contributed by atoms with Crippen LogP contribution < -0.4 is 21.9 Å². The largest absolute Gasteiger partial charge is 0.458 e. The van der Waals surface area contributed by atoms with E-state index >= 15 is 0 Å². The summed E-state index contributed by atoms with van der Waals surface area (Å²) in [6.07, 6.45) is 1.23. The van der Waals surface area contributed by atoms with Crippen LogP contribution in [0.5, 0.6) is 0 Å². The van der Waals surface area contributed by atoms with Crippen LogP contribution in [0.2, 0.25) is 5.02 Å². The van der Waals surface area contributed by atoms with Crippen molar-refractivity contribution in [3.63, 3.8) is 0 Å². The second-order valence-corrected chi connectivity index (χ2v) is 6.99. The predicted molar refractivity (Wildman–Crippen MR) is 91.9 cm³/mol. The molecule has 0 saturated carbocycles. The van der Waals surface area contributed by atoms with Crippen molar-refractivity contribution in [1.82, 2.24) is 10.9 Å². The normalized spacial score (nSPS) is 32.8. The fourth-order valence-electron chi connectivity index (χ4n) is 4.35. The Hall–Kier alpha value is -2.27. The van der Waals surface area contributed by atoms with E-state index in [0.717, 1.165) is 12.8 Å². The SMILES string of the molecule is CCCC1NNC2OC(N)=C(C#N)C3(C(=O)Nc4ccc(Cl)cc43)C12. The molecule has 25 heavy (non-hydrogen) atoms. The predicted octanol–water partition coefficient (Wildman–Crippen LogP) is 1.47. The van der Waals surface area contributed by atoms with Gasteiger partial charge in [0.15, 0.2) is 6.23 Å². The summed E-state index contributed by atoms with van der Waals surface area (Å²) in [5.74, 6) is -0.624. The van der Waals surface area contributed by atoms with Gasteiger partial charge in [-0.15, -0.1) is 0 Å². The van der Waals surface area contributed by atoms with E-state index in [9.17, 15) is 10.1 Å². The van der Waals surface area contributed by atoms with Gasteiger partial charge in [0.2, 0.25) is 11.8 Å². The molecule has 1 spiro atoms. The molecule has 3 heterocycles. The van der Waals surface area contributed by atoms with Gasteiger partial charge in [0.25, 0.3) is 0 Å². The van der Waals surface area contributed by atoms with Gasteiger partial charge in [-0.3, -0.25) is 10.2 Å². The van der Waals surface area contributed by atoms with Gasteiger partial charge in [0.05, 0.1) is 5.92 Å². The second kappa shape index (κ2) is 5.63. The van der Waals surface area contributed by atoms with Crippen molar-refractivity contribution in [2.45, 2.75) is 37.5 Å². The second-order valence-electron chi connectivity index (χ2n) is 6.55. The van der Waals surface area contributed by atoms with E-state index < -0.39 is 11.6 Å². The molecule has 4 atom stereocenters. The number of amides is 1. The van der Waals surface area contributed by atoms with E-state index in [2.05, 4.69) is 29.2 Å². The van der Waals surface area contributed by atoms with Crippen LogP contribution in [0.4, 0.5) is 5.69 Å². The maximum atomic E-state index is 13.2. The minimum Gasteiger partial charge on any atom is -0.458 e. The Kier molecular flexibility index (Phi) is 3.65. The summed E-state index contributed by atoms with van der Waals surface area (Å²) in [5.41, 5.74) is 12.6. The van der Waals surface area contributed by atoms with E-state index in [0.29, 0.717) is 16.3 Å². The number of benzene rings is 1. The number of rotatable bonds is 2. The molecule has 0 aliphatic carbocycles. The van der Waals surface area contributed by atoms with Gasteiger partial charge >= 0.3 is 0 Å². The summed E-state index contributed by atoms with van der Waals surface area (Å²) in [6, 6.07) is 7.28. The highest BCUT2D eigenvalue weighted by Gasteiger charge is 2.65. The molecule has 4 rings (SSSR count). The van der Waals surface area contributed by atoms with Crippen LogP contribution in [0, 0.1) is 17.2 Å².